The van der Waals surface area contributed by atoms with Crippen LogP contribution in [0.3, 0.4) is 0 Å². The van der Waals surface area contributed by atoms with E-state index in [9.17, 15) is 0 Å². The molecule has 1 nitrogen and oxygen atoms in total. The molecule has 0 spiro atoms. The third-order valence-corrected chi connectivity index (χ3v) is 3.06. The molecule has 0 aromatic heterocycles. The first kappa shape index (κ1) is 11.2. The Morgan fingerprint density at radius 3 is 2.44 bits per heavy atom. The maximum Gasteiger partial charge on any atom is 0.119 e. The first-order valence-electron chi connectivity index (χ1n) is 5.27. The highest BCUT2D eigenvalue weighted by molar-refractivity contribution is 7.15. The molecule has 2 rings (SSSR count). The van der Waals surface area contributed by atoms with Gasteiger partial charge in [-0.25, -0.2) is 0 Å². The van der Waals surface area contributed by atoms with Gasteiger partial charge in [-0.05, 0) is 35.0 Å². The molecule has 0 amide bonds. The largest absolute Gasteiger partial charge is 0.497 e. The predicted octanol–water partition coefficient (Wildman–Crippen LogP) is 3.74. The lowest BCUT2D eigenvalue weighted by atomic mass is 10.0. The van der Waals surface area contributed by atoms with Crippen LogP contribution >= 0.6 is 9.24 Å². The quantitative estimate of drug-likeness (QED) is 0.730. The lowest BCUT2D eigenvalue weighted by Gasteiger charge is -2.10. The van der Waals surface area contributed by atoms with Gasteiger partial charge in [0.05, 0.1) is 7.11 Å². The van der Waals surface area contributed by atoms with E-state index in [1.54, 1.807) is 7.11 Å². The van der Waals surface area contributed by atoms with Gasteiger partial charge in [-0.15, -0.1) is 9.24 Å². The average Bonchev–Trinajstić information content (AvgIpc) is 2.39. The molecule has 0 bridgehead atoms. The minimum atomic E-state index is 0.904. The molecule has 0 aliphatic heterocycles. The SMILES string of the molecule is COc1ccc(CP)c(-c2ccccc2)c1. The highest BCUT2D eigenvalue weighted by Crippen LogP contribution is 2.29. The molecule has 0 heterocycles. The van der Waals surface area contributed by atoms with Crippen LogP contribution in [-0.2, 0) is 6.16 Å². The van der Waals surface area contributed by atoms with Crippen LogP contribution in [-0.4, -0.2) is 7.11 Å². The standard InChI is InChI=1S/C14H15OP/c1-15-13-8-7-12(10-16)14(9-13)11-5-3-2-4-6-11/h2-9H,10,16H2,1H3. The number of rotatable bonds is 3. The zero-order chi connectivity index (χ0) is 11.4. The van der Waals surface area contributed by atoms with Crippen molar-refractivity contribution < 1.29 is 4.74 Å². The monoisotopic (exact) mass is 230 g/mol. The summed E-state index contributed by atoms with van der Waals surface area (Å²) < 4.78 is 5.27. The Bertz CT molecular complexity index is 465. The number of benzene rings is 2. The minimum Gasteiger partial charge on any atom is -0.497 e. The van der Waals surface area contributed by atoms with Crippen LogP contribution in [0.2, 0.25) is 0 Å². The van der Waals surface area contributed by atoms with E-state index in [0.29, 0.717) is 0 Å². The van der Waals surface area contributed by atoms with Crippen LogP contribution in [0, 0.1) is 0 Å². The molecule has 2 aromatic carbocycles. The zero-order valence-electron chi connectivity index (χ0n) is 9.31. The van der Waals surface area contributed by atoms with Crippen LogP contribution in [0.4, 0.5) is 0 Å². The van der Waals surface area contributed by atoms with E-state index in [0.717, 1.165) is 11.9 Å². The van der Waals surface area contributed by atoms with Gasteiger partial charge in [0.2, 0.25) is 0 Å². The first-order valence-corrected chi connectivity index (χ1v) is 6.09. The maximum atomic E-state index is 5.27. The Hall–Kier alpha value is -1.33. The second kappa shape index (κ2) is 5.14. The van der Waals surface area contributed by atoms with Crippen molar-refractivity contribution in [3.63, 3.8) is 0 Å². The van der Waals surface area contributed by atoms with E-state index in [1.807, 2.05) is 12.1 Å². The Kier molecular flexibility index (Phi) is 3.58. The van der Waals surface area contributed by atoms with Gasteiger partial charge >= 0.3 is 0 Å². The molecule has 2 aromatic rings. The van der Waals surface area contributed by atoms with E-state index in [2.05, 4.69) is 45.6 Å². The van der Waals surface area contributed by atoms with Crippen molar-refractivity contribution in [2.24, 2.45) is 0 Å². The Balaban J connectivity index is 2.53. The van der Waals surface area contributed by atoms with Crippen molar-refractivity contribution >= 4 is 9.24 Å². The van der Waals surface area contributed by atoms with Crippen LogP contribution in [0.15, 0.2) is 48.5 Å². The van der Waals surface area contributed by atoms with E-state index in [1.165, 1.54) is 16.7 Å². The summed E-state index contributed by atoms with van der Waals surface area (Å²) in [6, 6.07) is 16.6. The number of hydrogen-bond acceptors (Lipinski definition) is 1. The van der Waals surface area contributed by atoms with Gasteiger partial charge in [0.1, 0.15) is 5.75 Å². The summed E-state index contributed by atoms with van der Waals surface area (Å²) >= 11 is 0. The van der Waals surface area contributed by atoms with Crippen LogP contribution in [0.1, 0.15) is 5.56 Å². The van der Waals surface area contributed by atoms with Crippen molar-refractivity contribution in [2.75, 3.05) is 7.11 Å². The molecule has 0 saturated carbocycles. The molecule has 82 valence electrons. The fourth-order valence-corrected chi connectivity index (χ4v) is 2.10. The smallest absolute Gasteiger partial charge is 0.119 e. The third-order valence-electron chi connectivity index (χ3n) is 2.62. The predicted molar refractivity (Wildman–Crippen MR) is 71.8 cm³/mol. The second-order valence-corrected chi connectivity index (χ2v) is 4.00. The van der Waals surface area contributed by atoms with E-state index >= 15 is 0 Å². The molecule has 0 fully saturated rings. The summed E-state index contributed by atoms with van der Waals surface area (Å²) in [4.78, 5) is 0. The van der Waals surface area contributed by atoms with Gasteiger partial charge in [-0.2, -0.15) is 0 Å². The van der Waals surface area contributed by atoms with Crippen LogP contribution in [0.5, 0.6) is 5.75 Å². The van der Waals surface area contributed by atoms with Crippen molar-refractivity contribution in [1.82, 2.24) is 0 Å². The molecular weight excluding hydrogens is 215 g/mol. The molecule has 2 heteroatoms. The minimum absolute atomic E-state index is 0.904. The molecule has 1 atom stereocenters. The molecule has 0 aliphatic rings. The number of hydrogen-bond donors (Lipinski definition) is 0. The van der Waals surface area contributed by atoms with Gasteiger partial charge in [0.15, 0.2) is 0 Å². The Labute approximate surface area is 98.7 Å². The summed E-state index contributed by atoms with van der Waals surface area (Å²) in [5.41, 5.74) is 3.80. The van der Waals surface area contributed by atoms with E-state index in [4.69, 9.17) is 4.74 Å². The molecular formula is C14H15OP. The van der Waals surface area contributed by atoms with Crippen molar-refractivity contribution in [3.8, 4) is 16.9 Å². The number of methoxy groups -OCH3 is 1. The zero-order valence-corrected chi connectivity index (χ0v) is 10.5. The van der Waals surface area contributed by atoms with Gasteiger partial charge in [0, 0.05) is 0 Å². The molecule has 16 heavy (non-hydrogen) atoms. The molecule has 0 radical (unpaired) electrons. The third kappa shape index (κ3) is 2.25. The molecule has 1 unspecified atom stereocenters. The van der Waals surface area contributed by atoms with E-state index in [-0.39, 0.29) is 0 Å². The second-order valence-electron chi connectivity index (χ2n) is 3.59. The molecule has 0 N–H and O–H groups in total. The topological polar surface area (TPSA) is 9.23 Å². The first-order chi connectivity index (χ1) is 7.85. The lowest BCUT2D eigenvalue weighted by Crippen LogP contribution is -1.89. The highest BCUT2D eigenvalue weighted by atomic mass is 31.0. The van der Waals surface area contributed by atoms with Crippen LogP contribution in [0.25, 0.3) is 11.1 Å². The summed E-state index contributed by atoms with van der Waals surface area (Å²) in [6.45, 7) is 0. The van der Waals surface area contributed by atoms with Crippen molar-refractivity contribution in [1.29, 1.82) is 0 Å². The fourth-order valence-electron chi connectivity index (χ4n) is 1.75. The van der Waals surface area contributed by atoms with Crippen molar-refractivity contribution in [3.05, 3.63) is 54.1 Å². The summed E-state index contributed by atoms with van der Waals surface area (Å²) in [7, 11) is 4.47. The summed E-state index contributed by atoms with van der Waals surface area (Å²) in [6.07, 6.45) is 0.953. The van der Waals surface area contributed by atoms with Gasteiger partial charge < -0.3 is 4.74 Å². The lowest BCUT2D eigenvalue weighted by molar-refractivity contribution is 0.415. The maximum absolute atomic E-state index is 5.27. The normalized spacial score (nSPS) is 10.1. The number of ether oxygens (including phenoxy) is 1. The Morgan fingerprint density at radius 2 is 1.81 bits per heavy atom. The Morgan fingerprint density at radius 1 is 1.06 bits per heavy atom. The highest BCUT2D eigenvalue weighted by Gasteiger charge is 2.04. The van der Waals surface area contributed by atoms with Crippen molar-refractivity contribution in [2.45, 2.75) is 6.16 Å². The molecule has 0 aliphatic carbocycles. The summed E-state index contributed by atoms with van der Waals surface area (Å²) in [5.74, 6) is 0.904. The fraction of sp³-hybridized carbons (Fsp3) is 0.143. The summed E-state index contributed by atoms with van der Waals surface area (Å²) in [5, 5.41) is 0. The van der Waals surface area contributed by atoms with Gasteiger partial charge in [-0.3, -0.25) is 0 Å². The van der Waals surface area contributed by atoms with E-state index < -0.39 is 0 Å². The van der Waals surface area contributed by atoms with Gasteiger partial charge in [-0.1, -0.05) is 36.4 Å². The molecule has 0 saturated heterocycles. The average molecular weight is 230 g/mol. The van der Waals surface area contributed by atoms with Gasteiger partial charge in [0.25, 0.3) is 0 Å². The van der Waals surface area contributed by atoms with Crippen LogP contribution < -0.4 is 4.74 Å².